The van der Waals surface area contributed by atoms with E-state index in [0.717, 1.165) is 75.7 Å². The topological polar surface area (TPSA) is 58.8 Å². The number of benzene rings is 1. The van der Waals surface area contributed by atoms with Crippen LogP contribution in [0.15, 0.2) is 77.5 Å². The molecule has 2 aliphatic heterocycles. The Morgan fingerprint density at radius 1 is 1.02 bits per heavy atom. The number of anilines is 1. The number of nitrogens with zero attached hydrogens (tertiary/aromatic N) is 2. The van der Waals surface area contributed by atoms with Crippen LogP contribution in [-0.4, -0.2) is 50.6 Å². The molecule has 0 amide bonds. The molecule has 2 N–H and O–H groups in total. The summed E-state index contributed by atoms with van der Waals surface area (Å²) in [6, 6.07) is 6.50. The Bertz CT molecular complexity index is 1180. The van der Waals surface area contributed by atoms with Gasteiger partial charge >= 0.3 is 0 Å². The molecule has 2 fully saturated rings. The van der Waals surface area contributed by atoms with Gasteiger partial charge in [-0.1, -0.05) is 89.0 Å². The van der Waals surface area contributed by atoms with Crippen molar-refractivity contribution in [2.24, 2.45) is 11.7 Å². The highest BCUT2D eigenvalue weighted by molar-refractivity contribution is 5.81. The van der Waals surface area contributed by atoms with Crippen LogP contribution in [0.4, 0.5) is 5.69 Å². The molecule has 0 aliphatic carbocycles. The van der Waals surface area contributed by atoms with E-state index in [1.165, 1.54) is 60.8 Å². The number of carbonyl (C=O) groups excluding carboxylic acids is 1. The summed E-state index contributed by atoms with van der Waals surface area (Å²) in [5, 5.41) is 0. The van der Waals surface area contributed by atoms with Crippen molar-refractivity contribution in [2.75, 3.05) is 44.8 Å². The Kier molecular flexibility index (Phi) is 25.2. The maximum absolute atomic E-state index is 11.2. The Balaban J connectivity index is 0.000000703. The lowest BCUT2D eigenvalue weighted by Gasteiger charge is -2.29. The number of unbranched alkanes of at least 4 members (excludes halogenated alkanes) is 1. The summed E-state index contributed by atoms with van der Waals surface area (Å²) in [6.07, 6.45) is 15.4. The molecule has 2 heterocycles. The van der Waals surface area contributed by atoms with E-state index in [1.807, 2.05) is 6.08 Å². The monoisotopic (exact) mass is 648 g/mol. The van der Waals surface area contributed by atoms with Gasteiger partial charge in [-0.25, -0.2) is 0 Å². The van der Waals surface area contributed by atoms with Gasteiger partial charge in [0, 0.05) is 62.6 Å². The molecule has 0 bridgehead atoms. The number of likely N-dealkylation sites (N-methyl/N-ethyl adjacent to an activating group) is 1. The van der Waals surface area contributed by atoms with Gasteiger partial charge in [-0.05, 0) is 91.0 Å². The number of Topliss-reactive ketones (excluding diaryl/α,β-unsaturated/α-hetero) is 1. The number of ketones is 1. The zero-order valence-corrected chi connectivity index (χ0v) is 31.8. The minimum Gasteiger partial charge on any atom is -0.381 e. The first-order valence-electron chi connectivity index (χ1n) is 18.1. The van der Waals surface area contributed by atoms with Gasteiger partial charge in [0.1, 0.15) is 5.78 Å². The van der Waals surface area contributed by atoms with Crippen molar-refractivity contribution >= 4 is 11.5 Å². The quantitative estimate of drug-likeness (QED) is 0.181. The average molecular weight is 648 g/mol. The number of piperidine rings is 1. The maximum atomic E-state index is 11.2. The van der Waals surface area contributed by atoms with E-state index in [1.54, 1.807) is 0 Å². The Morgan fingerprint density at radius 3 is 2.15 bits per heavy atom. The summed E-state index contributed by atoms with van der Waals surface area (Å²) in [4.78, 5) is 15.7. The van der Waals surface area contributed by atoms with Crippen LogP contribution in [0, 0.1) is 19.8 Å². The summed E-state index contributed by atoms with van der Waals surface area (Å²) in [7, 11) is 1.50. The van der Waals surface area contributed by atoms with Crippen LogP contribution in [-0.2, 0) is 9.53 Å². The number of aryl methyl sites for hydroxylation is 2. The van der Waals surface area contributed by atoms with Crippen molar-refractivity contribution < 1.29 is 9.53 Å². The molecule has 1 aromatic carbocycles. The Labute approximate surface area is 290 Å². The minimum absolute atomic E-state index is 0.399. The van der Waals surface area contributed by atoms with E-state index >= 15 is 0 Å². The Morgan fingerprint density at radius 2 is 1.66 bits per heavy atom. The SMILES string of the molecule is C=C=C/C(C(=C=C)N(CC)/C(C)=C/CCC)=C(/C)CCC.CCCC1CCOCC1.CN.Cc1ccc(N2CCC(=O)CC2)c(C)c1. The van der Waals surface area contributed by atoms with E-state index in [-0.39, 0.29) is 0 Å². The van der Waals surface area contributed by atoms with Crippen molar-refractivity contribution in [1.82, 2.24) is 4.90 Å². The lowest BCUT2D eigenvalue weighted by Crippen LogP contribution is -2.34. The molecular weight excluding hydrogens is 578 g/mol. The molecule has 0 atom stereocenters. The fourth-order valence-electron chi connectivity index (χ4n) is 5.99. The molecule has 0 radical (unpaired) electrons. The number of allylic oxidation sites excluding steroid dienone is 4. The first-order valence-corrected chi connectivity index (χ1v) is 18.1. The molecule has 5 heteroatoms. The third kappa shape index (κ3) is 17.1. The third-order valence-corrected chi connectivity index (χ3v) is 8.55. The largest absolute Gasteiger partial charge is 0.381 e. The van der Waals surface area contributed by atoms with E-state index < -0.39 is 0 Å². The lowest BCUT2D eigenvalue weighted by atomic mass is 9.95. The highest BCUT2D eigenvalue weighted by atomic mass is 16.5. The normalized spacial score (nSPS) is 15.2. The fraction of sp³-hybridized carbons (Fsp3) is 0.595. The van der Waals surface area contributed by atoms with Gasteiger partial charge in [0.15, 0.2) is 0 Å². The van der Waals surface area contributed by atoms with E-state index in [2.05, 4.69) is 120 Å². The van der Waals surface area contributed by atoms with Crippen LogP contribution in [0.25, 0.3) is 0 Å². The van der Waals surface area contributed by atoms with E-state index in [0.29, 0.717) is 18.6 Å². The molecule has 5 nitrogen and oxygen atoms in total. The number of hydrogen-bond donors (Lipinski definition) is 1. The van der Waals surface area contributed by atoms with Gasteiger partial charge in [0.2, 0.25) is 0 Å². The van der Waals surface area contributed by atoms with Crippen molar-refractivity contribution in [1.29, 1.82) is 0 Å². The maximum Gasteiger partial charge on any atom is 0.136 e. The van der Waals surface area contributed by atoms with Crippen molar-refractivity contribution in [2.45, 2.75) is 120 Å². The second-order valence-corrected chi connectivity index (χ2v) is 12.4. The summed E-state index contributed by atoms with van der Waals surface area (Å²) in [6.45, 7) is 29.7. The molecule has 0 saturated carbocycles. The summed E-state index contributed by atoms with van der Waals surface area (Å²) in [5.74, 6) is 1.37. The highest BCUT2D eigenvalue weighted by Crippen LogP contribution is 2.26. The minimum atomic E-state index is 0.399. The molecule has 1 aromatic rings. The van der Waals surface area contributed by atoms with Gasteiger partial charge in [-0.2, -0.15) is 0 Å². The molecule has 47 heavy (non-hydrogen) atoms. The molecule has 0 spiro atoms. The number of rotatable bonds is 12. The summed E-state index contributed by atoms with van der Waals surface area (Å²) in [5.41, 5.74) is 19.2. The molecule has 2 aliphatic rings. The van der Waals surface area contributed by atoms with E-state index in [4.69, 9.17) is 4.74 Å². The van der Waals surface area contributed by atoms with Gasteiger partial charge in [-0.15, -0.1) is 11.5 Å². The molecule has 3 rings (SSSR count). The van der Waals surface area contributed by atoms with Gasteiger partial charge in [0.05, 0.1) is 5.70 Å². The second-order valence-electron chi connectivity index (χ2n) is 12.4. The molecule has 264 valence electrons. The number of carbonyl (C=O) groups is 1. The van der Waals surface area contributed by atoms with Crippen LogP contribution >= 0.6 is 0 Å². The standard InChI is InChI=1S/C20H31N.C13H17NO.C8H16O.CH5N/c1-8-13-16-18(7)21(12-5)20(11-4)19(15-10-3)17(6)14-9-2;1-10-3-4-13(11(2)9-10)14-7-5-12(15)6-8-14;1-2-3-8-4-6-9-7-5-8;1-2/h15-16H,3-4,8-9,12-14H2,1-2,5-7H3;3-4,9H,5-8H2,1-2H3;8H,2-7H2,1H3;2H2,1H3/b18-16+,19-17+;;;. The van der Waals surface area contributed by atoms with Crippen LogP contribution in [0.3, 0.4) is 0 Å². The zero-order chi connectivity index (χ0) is 35.6. The van der Waals surface area contributed by atoms with Crippen LogP contribution < -0.4 is 10.6 Å². The highest BCUT2D eigenvalue weighted by Gasteiger charge is 2.18. The molecular formula is C42H69N3O2. The smallest absolute Gasteiger partial charge is 0.136 e. The summed E-state index contributed by atoms with van der Waals surface area (Å²) >= 11 is 0. The predicted octanol–water partition coefficient (Wildman–Crippen LogP) is 10.4. The first-order chi connectivity index (χ1) is 22.7. The predicted molar refractivity (Wildman–Crippen MR) is 206 cm³/mol. The van der Waals surface area contributed by atoms with Gasteiger partial charge in [0.25, 0.3) is 0 Å². The van der Waals surface area contributed by atoms with Crippen molar-refractivity contribution in [3.8, 4) is 0 Å². The molecule has 0 aromatic heterocycles. The van der Waals surface area contributed by atoms with E-state index in [9.17, 15) is 4.79 Å². The third-order valence-electron chi connectivity index (χ3n) is 8.55. The van der Waals surface area contributed by atoms with Crippen LogP contribution in [0.2, 0.25) is 0 Å². The zero-order valence-electron chi connectivity index (χ0n) is 31.8. The van der Waals surface area contributed by atoms with Gasteiger partial charge in [-0.3, -0.25) is 4.79 Å². The summed E-state index contributed by atoms with van der Waals surface area (Å²) < 4.78 is 5.25. The number of hydrogen-bond acceptors (Lipinski definition) is 5. The van der Waals surface area contributed by atoms with Crippen LogP contribution in [0.5, 0.6) is 0 Å². The second kappa shape index (κ2) is 26.9. The van der Waals surface area contributed by atoms with Gasteiger partial charge < -0.3 is 20.3 Å². The van der Waals surface area contributed by atoms with Crippen molar-refractivity contribution in [3.05, 3.63) is 88.6 Å². The molecule has 2 saturated heterocycles. The molecule has 0 unspecified atom stereocenters. The first kappa shape index (κ1) is 43.9. The average Bonchev–Trinajstić information content (AvgIpc) is 3.08. The lowest BCUT2D eigenvalue weighted by molar-refractivity contribution is -0.119. The van der Waals surface area contributed by atoms with Crippen LogP contribution in [0.1, 0.15) is 117 Å². The fourth-order valence-corrected chi connectivity index (χ4v) is 5.99. The Hall–Kier alpha value is -3.07. The number of ether oxygens (including phenoxy) is 1. The van der Waals surface area contributed by atoms with Crippen molar-refractivity contribution in [3.63, 3.8) is 0 Å². The number of nitrogens with two attached hydrogens (primary N) is 1.